The minimum Gasteiger partial charge on any atom is -0.497 e. The Labute approximate surface area is 185 Å². The second kappa shape index (κ2) is 8.71. The number of hydrogen-bond acceptors (Lipinski definition) is 5. The van der Waals surface area contributed by atoms with E-state index in [9.17, 15) is 17.6 Å². The molecule has 1 N–H and O–H groups in total. The number of piperazine rings is 1. The standard InChI is InChI=1S/C22H23FN4O4S/c1-15-13-18(7-8-19(15)23)32(29,30)27-11-9-26(10-12-27)22(28)21-14-20(24-25-21)16-3-5-17(31-2)6-4-16/h3-8,13-14H,9-12H2,1-2H3,(H,24,25). The first-order valence-corrected chi connectivity index (χ1v) is 11.5. The first-order chi connectivity index (χ1) is 15.3. The summed E-state index contributed by atoms with van der Waals surface area (Å²) in [7, 11) is -2.17. The minimum atomic E-state index is -3.75. The van der Waals surface area contributed by atoms with Crippen molar-refractivity contribution in [1.29, 1.82) is 0 Å². The van der Waals surface area contributed by atoms with Crippen LogP contribution in [0.3, 0.4) is 0 Å². The van der Waals surface area contributed by atoms with E-state index in [4.69, 9.17) is 4.74 Å². The number of hydrogen-bond donors (Lipinski definition) is 1. The molecule has 1 saturated heterocycles. The van der Waals surface area contributed by atoms with E-state index in [1.165, 1.54) is 23.4 Å². The number of methoxy groups -OCH3 is 1. The van der Waals surface area contributed by atoms with Crippen LogP contribution in [0.2, 0.25) is 0 Å². The van der Waals surface area contributed by atoms with Gasteiger partial charge in [0.25, 0.3) is 5.91 Å². The van der Waals surface area contributed by atoms with Gasteiger partial charge in [-0.3, -0.25) is 9.89 Å². The number of aryl methyl sites for hydroxylation is 1. The van der Waals surface area contributed by atoms with E-state index in [-0.39, 0.29) is 42.5 Å². The van der Waals surface area contributed by atoms with Crippen molar-refractivity contribution in [3.8, 4) is 17.0 Å². The summed E-state index contributed by atoms with van der Waals surface area (Å²) < 4.78 is 45.7. The van der Waals surface area contributed by atoms with Crippen molar-refractivity contribution in [2.75, 3.05) is 33.3 Å². The number of carbonyl (C=O) groups excluding carboxylic acids is 1. The highest BCUT2D eigenvalue weighted by Gasteiger charge is 2.31. The quantitative estimate of drug-likeness (QED) is 0.634. The zero-order chi connectivity index (χ0) is 22.9. The zero-order valence-corrected chi connectivity index (χ0v) is 18.5. The summed E-state index contributed by atoms with van der Waals surface area (Å²) in [6, 6.07) is 12.7. The first kappa shape index (κ1) is 22.0. The number of amides is 1. The molecule has 0 atom stereocenters. The maximum atomic E-state index is 13.5. The lowest BCUT2D eigenvalue weighted by Crippen LogP contribution is -2.50. The molecule has 1 aromatic heterocycles. The predicted molar refractivity (Wildman–Crippen MR) is 116 cm³/mol. The normalized spacial score (nSPS) is 15.0. The lowest BCUT2D eigenvalue weighted by Gasteiger charge is -2.33. The van der Waals surface area contributed by atoms with Crippen LogP contribution < -0.4 is 4.74 Å². The Morgan fingerprint density at radius 3 is 2.38 bits per heavy atom. The van der Waals surface area contributed by atoms with Gasteiger partial charge in [0.15, 0.2) is 0 Å². The zero-order valence-electron chi connectivity index (χ0n) is 17.7. The van der Waals surface area contributed by atoms with E-state index in [0.29, 0.717) is 11.4 Å². The first-order valence-electron chi connectivity index (χ1n) is 10.0. The maximum Gasteiger partial charge on any atom is 0.271 e. The fourth-order valence-corrected chi connectivity index (χ4v) is 5.08. The number of aromatic amines is 1. The van der Waals surface area contributed by atoms with Crippen LogP contribution in [0.1, 0.15) is 16.1 Å². The summed E-state index contributed by atoms with van der Waals surface area (Å²) in [5.74, 6) is 0.0316. The number of aromatic nitrogens is 2. The smallest absolute Gasteiger partial charge is 0.271 e. The van der Waals surface area contributed by atoms with Crippen LogP contribution in [0, 0.1) is 12.7 Å². The SMILES string of the molecule is COc1ccc(-c2cc(C(=O)N3CCN(S(=O)(=O)c4ccc(F)c(C)c4)CC3)[nH]n2)cc1. The molecule has 1 fully saturated rings. The molecule has 8 nitrogen and oxygen atoms in total. The molecular formula is C22H23FN4O4S. The van der Waals surface area contributed by atoms with Gasteiger partial charge in [0, 0.05) is 31.7 Å². The Bertz CT molecular complexity index is 1230. The van der Waals surface area contributed by atoms with Crippen LogP contribution in [0.15, 0.2) is 53.4 Å². The summed E-state index contributed by atoms with van der Waals surface area (Å²) in [6.45, 7) is 2.33. The second-order valence-corrected chi connectivity index (χ2v) is 9.44. The summed E-state index contributed by atoms with van der Waals surface area (Å²) in [4.78, 5) is 14.5. The molecule has 0 bridgehead atoms. The number of ether oxygens (including phenoxy) is 1. The third-order valence-electron chi connectivity index (χ3n) is 5.49. The lowest BCUT2D eigenvalue weighted by atomic mass is 10.1. The Kier molecular flexibility index (Phi) is 5.98. The Morgan fingerprint density at radius 1 is 1.06 bits per heavy atom. The third-order valence-corrected chi connectivity index (χ3v) is 7.38. The number of halogens is 1. The number of sulfonamides is 1. The van der Waals surface area contributed by atoms with E-state index in [1.807, 2.05) is 24.3 Å². The van der Waals surface area contributed by atoms with Crippen LogP contribution in [-0.2, 0) is 10.0 Å². The van der Waals surface area contributed by atoms with E-state index in [2.05, 4.69) is 10.2 Å². The van der Waals surface area contributed by atoms with Crippen molar-refractivity contribution in [2.45, 2.75) is 11.8 Å². The third kappa shape index (κ3) is 4.23. The second-order valence-electron chi connectivity index (χ2n) is 7.50. The Balaban J connectivity index is 1.42. The van der Waals surface area contributed by atoms with Crippen LogP contribution in [0.25, 0.3) is 11.3 Å². The monoisotopic (exact) mass is 458 g/mol. The molecule has 2 aromatic carbocycles. The number of carbonyl (C=O) groups is 1. The number of nitrogens with one attached hydrogen (secondary N) is 1. The van der Waals surface area contributed by atoms with Crippen molar-refractivity contribution in [1.82, 2.24) is 19.4 Å². The highest BCUT2D eigenvalue weighted by Crippen LogP contribution is 2.23. The van der Waals surface area contributed by atoms with Gasteiger partial charge in [-0.1, -0.05) is 0 Å². The summed E-state index contributed by atoms with van der Waals surface area (Å²) in [6.07, 6.45) is 0. The van der Waals surface area contributed by atoms with Gasteiger partial charge in [-0.25, -0.2) is 12.8 Å². The highest BCUT2D eigenvalue weighted by atomic mass is 32.2. The van der Waals surface area contributed by atoms with Crippen LogP contribution in [0.4, 0.5) is 4.39 Å². The summed E-state index contributed by atoms with van der Waals surface area (Å²) in [5, 5.41) is 6.99. The van der Waals surface area contributed by atoms with Crippen molar-refractivity contribution < 1.29 is 22.3 Å². The Morgan fingerprint density at radius 2 is 1.75 bits per heavy atom. The molecule has 2 heterocycles. The van der Waals surface area contributed by atoms with E-state index >= 15 is 0 Å². The molecule has 1 aliphatic rings. The van der Waals surface area contributed by atoms with Crippen LogP contribution in [-0.4, -0.2) is 67.0 Å². The van der Waals surface area contributed by atoms with Crippen LogP contribution in [0.5, 0.6) is 5.75 Å². The van der Waals surface area contributed by atoms with Gasteiger partial charge < -0.3 is 9.64 Å². The highest BCUT2D eigenvalue weighted by molar-refractivity contribution is 7.89. The van der Waals surface area contributed by atoms with Gasteiger partial charge in [0.05, 0.1) is 17.7 Å². The van der Waals surface area contributed by atoms with Crippen molar-refractivity contribution in [3.63, 3.8) is 0 Å². The molecule has 0 spiro atoms. The van der Waals surface area contributed by atoms with Gasteiger partial charge in [-0.15, -0.1) is 0 Å². The number of H-pyrrole nitrogens is 1. The van der Waals surface area contributed by atoms with Crippen LogP contribution >= 0.6 is 0 Å². The molecule has 0 radical (unpaired) electrons. The maximum absolute atomic E-state index is 13.5. The van der Waals surface area contributed by atoms with Gasteiger partial charge in [-0.2, -0.15) is 9.40 Å². The van der Waals surface area contributed by atoms with E-state index in [0.717, 1.165) is 17.4 Å². The molecule has 3 aromatic rings. The van der Waals surface area contributed by atoms with E-state index in [1.54, 1.807) is 18.1 Å². The summed E-state index contributed by atoms with van der Waals surface area (Å²) >= 11 is 0. The van der Waals surface area contributed by atoms with Gasteiger partial charge in [0.1, 0.15) is 17.3 Å². The molecule has 1 aliphatic heterocycles. The Hall–Kier alpha value is -3.24. The number of benzene rings is 2. The molecule has 32 heavy (non-hydrogen) atoms. The lowest BCUT2D eigenvalue weighted by molar-refractivity contribution is 0.0692. The molecule has 0 unspecified atom stereocenters. The average Bonchev–Trinajstić information content (AvgIpc) is 3.31. The number of rotatable bonds is 5. The van der Waals surface area contributed by atoms with Gasteiger partial charge >= 0.3 is 0 Å². The van der Waals surface area contributed by atoms with Crippen molar-refractivity contribution in [2.24, 2.45) is 0 Å². The molecule has 1 amide bonds. The molecule has 10 heteroatoms. The van der Waals surface area contributed by atoms with Crippen molar-refractivity contribution in [3.05, 3.63) is 65.6 Å². The topological polar surface area (TPSA) is 95.6 Å². The molecule has 168 valence electrons. The minimum absolute atomic E-state index is 0.0499. The average molecular weight is 459 g/mol. The largest absolute Gasteiger partial charge is 0.497 e. The van der Waals surface area contributed by atoms with Gasteiger partial charge in [-0.05, 0) is 61.0 Å². The summed E-state index contributed by atoms with van der Waals surface area (Å²) in [5.41, 5.74) is 2.07. The van der Waals surface area contributed by atoms with E-state index < -0.39 is 15.8 Å². The molecule has 0 aliphatic carbocycles. The number of nitrogens with zero attached hydrogens (tertiary/aromatic N) is 3. The fraction of sp³-hybridized carbons (Fsp3) is 0.273. The predicted octanol–water partition coefficient (Wildman–Crippen LogP) is 2.68. The molecule has 0 saturated carbocycles. The van der Waals surface area contributed by atoms with Gasteiger partial charge in [0.2, 0.25) is 10.0 Å². The fourth-order valence-electron chi connectivity index (χ4n) is 3.57. The molecular weight excluding hydrogens is 435 g/mol. The van der Waals surface area contributed by atoms with Crippen molar-refractivity contribution >= 4 is 15.9 Å². The molecule has 4 rings (SSSR count).